The van der Waals surface area contributed by atoms with Crippen LogP contribution in [-0.4, -0.2) is 44.8 Å². The number of H-pyrrole nitrogens is 1. The van der Waals surface area contributed by atoms with E-state index in [1.54, 1.807) is 24.7 Å². The van der Waals surface area contributed by atoms with E-state index in [1.165, 1.54) is 6.26 Å². The van der Waals surface area contributed by atoms with Gasteiger partial charge < -0.3 is 14.8 Å². The van der Waals surface area contributed by atoms with Gasteiger partial charge in [0.1, 0.15) is 23.4 Å². The van der Waals surface area contributed by atoms with Crippen LogP contribution in [0.3, 0.4) is 0 Å². The average molecular weight is 391 g/mol. The highest BCUT2D eigenvalue weighted by Crippen LogP contribution is 2.32. The van der Waals surface area contributed by atoms with Crippen molar-refractivity contribution in [2.45, 2.75) is 20.3 Å². The molecule has 3 aromatic heterocycles. The minimum absolute atomic E-state index is 0.293. The van der Waals surface area contributed by atoms with Crippen LogP contribution in [0.4, 0.5) is 0 Å². The number of aromatic nitrogens is 4. The zero-order chi connectivity index (χ0) is 20.2. The standard InChI is InChI=1S/C20H21N7O2/c1-3-21-6-4-13-12(2)24-16(18(13)15-5-9-29-27-15)10-14-19(25-26-20(14)28)17-11-22-7-8-23-17/h5,7-11,21,24H,3-4,6H2,1-2H3,(H,26,28). The predicted molar refractivity (Wildman–Crippen MR) is 108 cm³/mol. The Morgan fingerprint density at radius 3 is 2.90 bits per heavy atom. The fraction of sp³-hybridized carbons (Fsp3) is 0.250. The first-order valence-corrected chi connectivity index (χ1v) is 9.38. The lowest BCUT2D eigenvalue weighted by molar-refractivity contribution is -0.116. The van der Waals surface area contributed by atoms with Crippen molar-refractivity contribution in [3.05, 3.63) is 59.1 Å². The van der Waals surface area contributed by atoms with Gasteiger partial charge in [-0.15, -0.1) is 0 Å². The second-order valence-corrected chi connectivity index (χ2v) is 6.56. The number of carbonyl (C=O) groups excluding carboxylic acids is 1. The number of carbonyl (C=O) groups is 1. The summed E-state index contributed by atoms with van der Waals surface area (Å²) in [6.45, 7) is 5.82. The van der Waals surface area contributed by atoms with Crippen molar-refractivity contribution in [3.63, 3.8) is 0 Å². The average Bonchev–Trinajstić information content (AvgIpc) is 3.44. The number of nitrogens with one attached hydrogen (secondary N) is 3. The van der Waals surface area contributed by atoms with Gasteiger partial charge in [-0.1, -0.05) is 12.1 Å². The summed E-state index contributed by atoms with van der Waals surface area (Å²) in [6.07, 6.45) is 8.86. The molecule has 3 aromatic rings. The molecule has 0 aromatic carbocycles. The van der Waals surface area contributed by atoms with E-state index in [0.29, 0.717) is 22.7 Å². The summed E-state index contributed by atoms with van der Waals surface area (Å²) in [5, 5.41) is 11.6. The molecule has 0 fully saturated rings. The summed E-state index contributed by atoms with van der Waals surface area (Å²) in [5.74, 6) is -0.293. The van der Waals surface area contributed by atoms with Crippen LogP contribution in [0.1, 0.15) is 29.6 Å². The van der Waals surface area contributed by atoms with Gasteiger partial charge in [0, 0.05) is 35.4 Å². The first-order valence-electron chi connectivity index (χ1n) is 9.38. The van der Waals surface area contributed by atoms with Gasteiger partial charge in [-0.2, -0.15) is 5.10 Å². The molecular formula is C20H21N7O2. The van der Waals surface area contributed by atoms with Crippen LogP contribution in [0, 0.1) is 6.92 Å². The molecule has 1 amide bonds. The minimum atomic E-state index is -0.293. The van der Waals surface area contributed by atoms with Gasteiger partial charge in [-0.05, 0) is 38.1 Å². The molecule has 1 aliphatic heterocycles. The van der Waals surface area contributed by atoms with E-state index in [-0.39, 0.29) is 5.91 Å². The first kappa shape index (κ1) is 18.8. The Morgan fingerprint density at radius 1 is 1.28 bits per heavy atom. The number of likely N-dealkylation sites (N-methyl/N-ethyl adjacent to an activating group) is 1. The topological polar surface area (TPSA) is 121 Å². The number of hydrazone groups is 1. The number of hydrogen-bond acceptors (Lipinski definition) is 7. The van der Waals surface area contributed by atoms with Crippen LogP contribution in [0.25, 0.3) is 17.3 Å². The Morgan fingerprint density at radius 2 is 2.17 bits per heavy atom. The van der Waals surface area contributed by atoms with Crippen LogP contribution in [0.15, 0.2) is 46.1 Å². The Hall–Kier alpha value is -3.59. The maximum atomic E-state index is 12.5. The van der Waals surface area contributed by atoms with Crippen LogP contribution < -0.4 is 10.7 Å². The van der Waals surface area contributed by atoms with E-state index in [0.717, 1.165) is 42.0 Å². The van der Waals surface area contributed by atoms with Crippen LogP contribution in [0.2, 0.25) is 0 Å². The van der Waals surface area contributed by atoms with E-state index >= 15 is 0 Å². The van der Waals surface area contributed by atoms with Crippen molar-refractivity contribution in [1.82, 2.24) is 30.9 Å². The van der Waals surface area contributed by atoms with Gasteiger partial charge in [0.2, 0.25) is 0 Å². The third-order valence-electron chi connectivity index (χ3n) is 4.71. The first-order chi connectivity index (χ1) is 14.2. The molecule has 0 atom stereocenters. The maximum Gasteiger partial charge on any atom is 0.273 e. The monoisotopic (exact) mass is 391 g/mol. The fourth-order valence-electron chi connectivity index (χ4n) is 3.36. The summed E-state index contributed by atoms with van der Waals surface area (Å²) >= 11 is 0. The van der Waals surface area contributed by atoms with Gasteiger partial charge in [0.15, 0.2) is 0 Å². The highest BCUT2D eigenvalue weighted by atomic mass is 16.5. The Balaban J connectivity index is 1.79. The Kier molecular flexibility index (Phi) is 5.30. The van der Waals surface area contributed by atoms with Crippen molar-refractivity contribution in [3.8, 4) is 11.3 Å². The molecule has 4 rings (SSSR count). The largest absolute Gasteiger partial charge is 0.364 e. The lowest BCUT2D eigenvalue weighted by Crippen LogP contribution is -2.16. The summed E-state index contributed by atoms with van der Waals surface area (Å²) in [6, 6.07) is 1.81. The molecule has 0 radical (unpaired) electrons. The van der Waals surface area contributed by atoms with E-state index < -0.39 is 0 Å². The summed E-state index contributed by atoms with van der Waals surface area (Å²) in [5.41, 5.74) is 8.45. The summed E-state index contributed by atoms with van der Waals surface area (Å²) in [7, 11) is 0. The molecule has 0 saturated carbocycles. The third-order valence-corrected chi connectivity index (χ3v) is 4.71. The van der Waals surface area contributed by atoms with Gasteiger partial charge in [-0.3, -0.25) is 14.8 Å². The molecule has 0 bridgehead atoms. The number of nitrogens with zero attached hydrogens (tertiary/aromatic N) is 4. The van der Waals surface area contributed by atoms with E-state index in [2.05, 4.69) is 42.9 Å². The molecule has 0 aliphatic carbocycles. The quantitative estimate of drug-likeness (QED) is 0.417. The number of hydrogen-bond donors (Lipinski definition) is 3. The molecule has 4 heterocycles. The maximum absolute atomic E-state index is 12.5. The normalized spacial score (nSPS) is 15.0. The number of amides is 1. The van der Waals surface area contributed by atoms with Gasteiger partial charge >= 0.3 is 0 Å². The number of rotatable bonds is 7. The molecule has 148 valence electrons. The van der Waals surface area contributed by atoms with Crippen molar-refractivity contribution >= 4 is 17.7 Å². The minimum Gasteiger partial charge on any atom is -0.364 e. The van der Waals surface area contributed by atoms with Gasteiger partial charge in [0.05, 0.1) is 11.8 Å². The van der Waals surface area contributed by atoms with E-state index in [1.807, 2.05) is 13.0 Å². The van der Waals surface area contributed by atoms with Crippen molar-refractivity contribution in [2.24, 2.45) is 5.10 Å². The van der Waals surface area contributed by atoms with Gasteiger partial charge in [-0.25, -0.2) is 5.43 Å². The Bertz CT molecular complexity index is 1070. The molecule has 0 unspecified atom stereocenters. The second kappa shape index (κ2) is 8.19. The SMILES string of the molecule is CCNCCc1c(C)[nH]c(C=C2C(=O)NN=C2c2cnccn2)c1-c1ccon1. The zero-order valence-corrected chi connectivity index (χ0v) is 16.2. The molecular weight excluding hydrogens is 370 g/mol. The number of aryl methyl sites for hydroxylation is 1. The van der Waals surface area contributed by atoms with Crippen LogP contribution in [-0.2, 0) is 11.2 Å². The van der Waals surface area contributed by atoms with Crippen LogP contribution >= 0.6 is 0 Å². The molecule has 0 spiro atoms. The highest BCUT2D eigenvalue weighted by Gasteiger charge is 2.27. The summed E-state index contributed by atoms with van der Waals surface area (Å²) in [4.78, 5) is 24.2. The van der Waals surface area contributed by atoms with E-state index in [4.69, 9.17) is 4.52 Å². The lowest BCUT2D eigenvalue weighted by atomic mass is 10.00. The van der Waals surface area contributed by atoms with Crippen molar-refractivity contribution < 1.29 is 9.32 Å². The number of aromatic amines is 1. The van der Waals surface area contributed by atoms with Crippen molar-refractivity contribution in [2.75, 3.05) is 13.1 Å². The van der Waals surface area contributed by atoms with E-state index in [9.17, 15) is 4.79 Å². The smallest absolute Gasteiger partial charge is 0.273 e. The molecule has 29 heavy (non-hydrogen) atoms. The molecule has 1 aliphatic rings. The molecule has 9 nitrogen and oxygen atoms in total. The molecule has 0 saturated heterocycles. The lowest BCUT2D eigenvalue weighted by Gasteiger charge is -2.05. The predicted octanol–water partition coefficient (Wildman–Crippen LogP) is 1.84. The van der Waals surface area contributed by atoms with Crippen LogP contribution in [0.5, 0.6) is 0 Å². The molecule has 3 N–H and O–H groups in total. The second-order valence-electron chi connectivity index (χ2n) is 6.56. The van der Waals surface area contributed by atoms with Gasteiger partial charge in [0.25, 0.3) is 5.91 Å². The third kappa shape index (κ3) is 3.72. The zero-order valence-electron chi connectivity index (χ0n) is 16.2. The summed E-state index contributed by atoms with van der Waals surface area (Å²) < 4.78 is 5.07. The molecule has 9 heteroatoms. The Labute approximate surface area is 167 Å². The highest BCUT2D eigenvalue weighted by molar-refractivity contribution is 6.32. The fourth-order valence-corrected chi connectivity index (χ4v) is 3.36. The van der Waals surface area contributed by atoms with Crippen molar-refractivity contribution in [1.29, 1.82) is 0 Å².